The molecule has 0 spiro atoms. The van der Waals surface area contributed by atoms with E-state index in [1.54, 1.807) is 11.3 Å². The SMILES string of the molecule is O=S(=O)(O)CCCNCCCc1cccs1. The van der Waals surface area contributed by atoms with Gasteiger partial charge in [0, 0.05) is 4.88 Å². The summed E-state index contributed by atoms with van der Waals surface area (Å²) in [6.07, 6.45) is 2.56. The molecule has 0 amide bonds. The van der Waals surface area contributed by atoms with Crippen molar-refractivity contribution in [2.45, 2.75) is 19.3 Å². The highest BCUT2D eigenvalue weighted by Gasteiger charge is 2.02. The van der Waals surface area contributed by atoms with Crippen molar-refractivity contribution in [1.82, 2.24) is 5.32 Å². The number of aryl methyl sites for hydroxylation is 1. The minimum atomic E-state index is -3.79. The molecule has 92 valence electrons. The van der Waals surface area contributed by atoms with E-state index in [1.165, 1.54) is 4.88 Å². The van der Waals surface area contributed by atoms with Crippen molar-refractivity contribution in [3.63, 3.8) is 0 Å². The van der Waals surface area contributed by atoms with Gasteiger partial charge in [-0.15, -0.1) is 11.3 Å². The molecule has 1 rings (SSSR count). The maximum absolute atomic E-state index is 10.4. The molecule has 16 heavy (non-hydrogen) atoms. The maximum atomic E-state index is 10.4. The summed E-state index contributed by atoms with van der Waals surface area (Å²) >= 11 is 1.75. The molecule has 0 atom stereocenters. The quantitative estimate of drug-likeness (QED) is 0.551. The zero-order valence-electron chi connectivity index (χ0n) is 9.05. The zero-order chi connectivity index (χ0) is 11.9. The van der Waals surface area contributed by atoms with Gasteiger partial charge in [-0.1, -0.05) is 6.07 Å². The molecule has 4 nitrogen and oxygen atoms in total. The number of rotatable bonds is 8. The highest BCUT2D eigenvalue weighted by atomic mass is 32.2. The molecule has 0 aromatic carbocycles. The summed E-state index contributed by atoms with van der Waals surface area (Å²) in [5.41, 5.74) is 0. The summed E-state index contributed by atoms with van der Waals surface area (Å²) in [6, 6.07) is 4.16. The molecule has 0 bridgehead atoms. The lowest BCUT2D eigenvalue weighted by atomic mass is 10.2. The van der Waals surface area contributed by atoms with E-state index in [1.807, 2.05) is 6.07 Å². The van der Waals surface area contributed by atoms with E-state index < -0.39 is 10.1 Å². The molecule has 0 radical (unpaired) electrons. The van der Waals surface area contributed by atoms with Crippen LogP contribution in [0.1, 0.15) is 17.7 Å². The van der Waals surface area contributed by atoms with Gasteiger partial charge in [-0.25, -0.2) is 0 Å². The van der Waals surface area contributed by atoms with Crippen molar-refractivity contribution in [3.8, 4) is 0 Å². The third kappa shape index (κ3) is 6.95. The van der Waals surface area contributed by atoms with Crippen LogP contribution in [-0.2, 0) is 16.5 Å². The fourth-order valence-electron chi connectivity index (χ4n) is 1.35. The van der Waals surface area contributed by atoms with Gasteiger partial charge in [0.05, 0.1) is 5.75 Å². The van der Waals surface area contributed by atoms with Gasteiger partial charge in [0.1, 0.15) is 0 Å². The van der Waals surface area contributed by atoms with Gasteiger partial charge >= 0.3 is 0 Å². The van der Waals surface area contributed by atoms with Crippen molar-refractivity contribution in [1.29, 1.82) is 0 Å². The van der Waals surface area contributed by atoms with Crippen molar-refractivity contribution in [3.05, 3.63) is 22.4 Å². The third-order valence-corrected chi connectivity index (χ3v) is 3.85. The minimum absolute atomic E-state index is 0.162. The topological polar surface area (TPSA) is 66.4 Å². The number of hydrogen-bond acceptors (Lipinski definition) is 4. The van der Waals surface area contributed by atoms with Crippen LogP contribution in [0.4, 0.5) is 0 Å². The maximum Gasteiger partial charge on any atom is 0.264 e. The molecule has 0 aliphatic rings. The van der Waals surface area contributed by atoms with Crippen molar-refractivity contribution >= 4 is 21.5 Å². The summed E-state index contributed by atoms with van der Waals surface area (Å²) in [7, 11) is -3.79. The third-order valence-electron chi connectivity index (χ3n) is 2.11. The van der Waals surface area contributed by atoms with E-state index in [4.69, 9.17) is 4.55 Å². The average Bonchev–Trinajstić information content (AvgIpc) is 2.67. The molecule has 2 N–H and O–H groups in total. The second-order valence-corrected chi connectivity index (χ2v) is 6.18. The molecule has 0 unspecified atom stereocenters. The van der Waals surface area contributed by atoms with Crippen LogP contribution in [0.2, 0.25) is 0 Å². The van der Waals surface area contributed by atoms with E-state index >= 15 is 0 Å². The van der Waals surface area contributed by atoms with Crippen molar-refractivity contribution < 1.29 is 13.0 Å². The monoisotopic (exact) mass is 263 g/mol. The largest absolute Gasteiger partial charge is 0.317 e. The standard InChI is InChI=1S/C10H17NO3S2/c12-16(13,14)9-3-7-11-6-1-4-10-5-2-8-15-10/h2,5,8,11H,1,3-4,6-7,9H2,(H,12,13,14). The first kappa shape index (κ1) is 13.6. The van der Waals surface area contributed by atoms with E-state index in [0.717, 1.165) is 19.4 Å². The Hall–Kier alpha value is -0.430. The molecule has 0 saturated carbocycles. The Morgan fingerprint density at radius 2 is 2.06 bits per heavy atom. The molecule has 1 aromatic rings. The highest BCUT2D eigenvalue weighted by Crippen LogP contribution is 2.10. The number of thiophene rings is 1. The van der Waals surface area contributed by atoms with Gasteiger partial charge < -0.3 is 5.32 Å². The van der Waals surface area contributed by atoms with Crippen LogP contribution >= 0.6 is 11.3 Å². The van der Waals surface area contributed by atoms with Crippen molar-refractivity contribution in [2.75, 3.05) is 18.8 Å². The van der Waals surface area contributed by atoms with Crippen LogP contribution in [0, 0.1) is 0 Å². The lowest BCUT2D eigenvalue weighted by Gasteiger charge is -2.02. The van der Waals surface area contributed by atoms with E-state index in [-0.39, 0.29) is 5.75 Å². The Morgan fingerprint density at radius 3 is 2.69 bits per heavy atom. The Morgan fingerprint density at radius 1 is 1.31 bits per heavy atom. The van der Waals surface area contributed by atoms with Crippen LogP contribution in [0.3, 0.4) is 0 Å². The Bertz CT molecular complexity index is 373. The lowest BCUT2D eigenvalue weighted by Crippen LogP contribution is -2.19. The molecule has 6 heteroatoms. The number of nitrogens with one attached hydrogen (secondary N) is 1. The first-order valence-corrected chi connectivity index (χ1v) is 7.75. The van der Waals surface area contributed by atoms with E-state index in [9.17, 15) is 8.42 Å². The van der Waals surface area contributed by atoms with Crippen LogP contribution in [0.5, 0.6) is 0 Å². The van der Waals surface area contributed by atoms with Gasteiger partial charge in [0.25, 0.3) is 10.1 Å². The number of hydrogen-bond donors (Lipinski definition) is 2. The molecular formula is C10H17NO3S2. The van der Waals surface area contributed by atoms with Crippen LogP contribution < -0.4 is 5.32 Å². The first-order valence-electron chi connectivity index (χ1n) is 5.26. The smallest absolute Gasteiger partial charge is 0.264 e. The summed E-state index contributed by atoms with van der Waals surface area (Å²) in [4.78, 5) is 1.37. The summed E-state index contributed by atoms with van der Waals surface area (Å²) in [5.74, 6) is -0.162. The molecule has 0 aliphatic heterocycles. The van der Waals surface area contributed by atoms with E-state index in [0.29, 0.717) is 13.0 Å². The van der Waals surface area contributed by atoms with Crippen molar-refractivity contribution in [2.24, 2.45) is 0 Å². The minimum Gasteiger partial charge on any atom is -0.317 e. The summed E-state index contributed by atoms with van der Waals surface area (Å²) in [6.45, 7) is 1.51. The van der Waals surface area contributed by atoms with Crippen LogP contribution in [-0.4, -0.2) is 31.8 Å². The summed E-state index contributed by atoms with van der Waals surface area (Å²) in [5, 5.41) is 5.21. The fourth-order valence-corrected chi connectivity index (χ4v) is 2.61. The van der Waals surface area contributed by atoms with Crippen LogP contribution in [0.25, 0.3) is 0 Å². The zero-order valence-corrected chi connectivity index (χ0v) is 10.7. The first-order chi connectivity index (χ1) is 7.58. The Balaban J connectivity index is 1.93. The molecule has 0 saturated heterocycles. The Kier molecular flexibility index (Phi) is 5.97. The van der Waals surface area contributed by atoms with Gasteiger partial charge in [0.15, 0.2) is 0 Å². The predicted octanol–water partition coefficient (Wildman–Crippen LogP) is 1.55. The average molecular weight is 263 g/mol. The molecular weight excluding hydrogens is 246 g/mol. The lowest BCUT2D eigenvalue weighted by molar-refractivity contribution is 0.479. The van der Waals surface area contributed by atoms with E-state index in [2.05, 4.69) is 16.8 Å². The second-order valence-electron chi connectivity index (χ2n) is 3.57. The predicted molar refractivity (Wildman–Crippen MR) is 66.5 cm³/mol. The Labute approximate surface area is 100 Å². The highest BCUT2D eigenvalue weighted by molar-refractivity contribution is 7.85. The van der Waals surface area contributed by atoms with Crippen LogP contribution in [0.15, 0.2) is 17.5 Å². The van der Waals surface area contributed by atoms with Gasteiger partial charge in [0.2, 0.25) is 0 Å². The fraction of sp³-hybridized carbons (Fsp3) is 0.600. The van der Waals surface area contributed by atoms with Gasteiger partial charge in [-0.3, -0.25) is 4.55 Å². The normalized spacial score (nSPS) is 11.8. The second kappa shape index (κ2) is 7.01. The summed E-state index contributed by atoms with van der Waals surface area (Å²) < 4.78 is 29.3. The molecule has 1 heterocycles. The molecule has 0 aliphatic carbocycles. The van der Waals surface area contributed by atoms with Gasteiger partial charge in [-0.05, 0) is 43.8 Å². The van der Waals surface area contributed by atoms with Gasteiger partial charge in [-0.2, -0.15) is 8.42 Å². The molecule has 1 aromatic heterocycles. The molecule has 0 fully saturated rings.